The van der Waals surface area contributed by atoms with Gasteiger partial charge in [-0.15, -0.1) is 0 Å². The van der Waals surface area contributed by atoms with E-state index in [1.807, 2.05) is 6.07 Å². The Hall–Kier alpha value is -0.300. The number of benzene rings is 1. The zero-order chi connectivity index (χ0) is 7.68. The Morgan fingerprint density at radius 3 is 3.09 bits per heavy atom. The number of hydrogen-bond donors (Lipinski definition) is 0. The molecule has 0 radical (unpaired) electrons. The fourth-order valence-electron chi connectivity index (χ4n) is 1.08. The van der Waals surface area contributed by atoms with Crippen LogP contribution in [-0.4, -0.2) is 5.80 Å². The van der Waals surface area contributed by atoms with Crippen molar-refractivity contribution < 1.29 is 3.60 Å². The molecule has 1 nitrogen and oxygen atoms in total. The van der Waals surface area contributed by atoms with Gasteiger partial charge in [0.05, 0.1) is 5.80 Å². The highest BCUT2D eigenvalue weighted by molar-refractivity contribution is 7.61. The third kappa shape index (κ3) is 1.48. The summed E-state index contributed by atoms with van der Waals surface area (Å²) in [5.74, 6) is 2.11. The van der Waals surface area contributed by atoms with Crippen LogP contribution in [0.15, 0.2) is 24.3 Å². The molecule has 2 rings (SSSR count). The van der Waals surface area contributed by atoms with E-state index in [1.54, 1.807) is 0 Å². The van der Waals surface area contributed by atoms with Gasteiger partial charge in [0.15, 0.2) is 6.61 Å². The molecule has 0 bridgehead atoms. The summed E-state index contributed by atoms with van der Waals surface area (Å²) in [4.78, 5) is 0. The molecular weight excluding hydrogens is 175 g/mol. The van der Waals surface area contributed by atoms with E-state index in [0.717, 1.165) is 15.0 Å². The van der Waals surface area contributed by atoms with Crippen molar-refractivity contribution in [2.75, 3.05) is 0 Å². The lowest BCUT2D eigenvalue weighted by Gasteiger charge is -2.20. The summed E-state index contributed by atoms with van der Waals surface area (Å²) in [5.41, 5.74) is 2.61. The lowest BCUT2D eigenvalue weighted by atomic mass is 10.1. The molecule has 1 aromatic rings. The summed E-state index contributed by atoms with van der Waals surface area (Å²) in [6, 6.07) is 8.31. The Labute approximate surface area is 73.2 Å². The molecule has 1 heterocycles. The summed E-state index contributed by atoms with van der Waals surface area (Å²) in [6.07, 6.45) is 0. The molecule has 0 aliphatic carbocycles. The predicted octanol–water partition coefficient (Wildman–Crippen LogP) is 2.23. The fraction of sp³-hybridized carbons (Fsp3) is 0.125. The molecule has 11 heavy (non-hydrogen) atoms. The van der Waals surface area contributed by atoms with Gasteiger partial charge in [-0.3, -0.25) is 0 Å². The van der Waals surface area contributed by atoms with Crippen LogP contribution in [0.5, 0.6) is 0 Å². The van der Waals surface area contributed by atoms with Gasteiger partial charge in [-0.2, -0.15) is 0 Å². The van der Waals surface area contributed by atoms with Crippen molar-refractivity contribution in [2.45, 2.75) is 6.61 Å². The van der Waals surface area contributed by atoms with Gasteiger partial charge in [-0.1, -0.05) is 24.3 Å². The van der Waals surface area contributed by atoms with Crippen LogP contribution in [0, 0.1) is 0 Å². The van der Waals surface area contributed by atoms with Crippen LogP contribution >= 0.6 is 8.43 Å². The second-order valence-electron chi connectivity index (χ2n) is 2.40. The van der Waals surface area contributed by atoms with Gasteiger partial charge in [0.2, 0.25) is 0 Å². The molecule has 1 aromatic carbocycles. The summed E-state index contributed by atoms with van der Waals surface area (Å²) in [7, 11) is 1.04. The van der Waals surface area contributed by atoms with Crippen LogP contribution < -0.4 is 0 Å². The van der Waals surface area contributed by atoms with Crippen molar-refractivity contribution in [2.24, 2.45) is 0 Å². The van der Waals surface area contributed by atoms with E-state index in [4.69, 9.17) is 12.9 Å². The highest BCUT2D eigenvalue weighted by Gasteiger charge is 2.08. The van der Waals surface area contributed by atoms with Gasteiger partial charge in [-0.25, -0.2) is 0 Å². The Balaban J connectivity index is 2.46. The zero-order valence-electron chi connectivity index (χ0n) is 5.86. The maximum Gasteiger partial charge on any atom is 0.260 e. The van der Waals surface area contributed by atoms with Crippen molar-refractivity contribution in [1.82, 2.24) is 0 Å². The van der Waals surface area contributed by atoms with Gasteiger partial charge in [0.25, 0.3) is 8.43 Å². The zero-order valence-corrected chi connectivity index (χ0v) is 7.57. The van der Waals surface area contributed by atoms with Gasteiger partial charge < -0.3 is 16.5 Å². The molecule has 1 aliphatic rings. The van der Waals surface area contributed by atoms with E-state index in [9.17, 15) is 0 Å². The van der Waals surface area contributed by atoms with E-state index in [2.05, 4.69) is 27.6 Å². The van der Waals surface area contributed by atoms with Gasteiger partial charge >= 0.3 is 0 Å². The second-order valence-corrected chi connectivity index (χ2v) is 3.96. The molecule has 1 aliphatic heterocycles. The van der Waals surface area contributed by atoms with E-state index >= 15 is 0 Å². The molecule has 0 amide bonds. The molecule has 0 saturated carbocycles. The van der Waals surface area contributed by atoms with Gasteiger partial charge in [0.1, 0.15) is 0 Å². The Morgan fingerprint density at radius 2 is 2.18 bits per heavy atom. The number of fused-ring (bicyclic) bond motifs is 1. The Kier molecular flexibility index (Phi) is 1.99. The number of hydrogen-bond acceptors (Lipinski definition) is 1. The topological polar surface area (TPSA) is 2.70 Å². The predicted molar refractivity (Wildman–Crippen MR) is 50.7 cm³/mol. The third-order valence-corrected chi connectivity index (χ3v) is 2.77. The van der Waals surface area contributed by atoms with Gasteiger partial charge in [0, 0.05) is 5.56 Å². The fourth-order valence-corrected chi connectivity index (χ4v) is 2.03. The lowest BCUT2D eigenvalue weighted by molar-refractivity contribution is 0.256. The standard InChI is InChI=1S/C8H7OPS/c11-9-5-7-3-1-2-4-8(7)6-10-9/h1-4,6H,5H2. The average Bonchev–Trinajstić information content (AvgIpc) is 2.04. The molecule has 3 heteroatoms. The molecule has 0 fully saturated rings. The monoisotopic (exact) mass is 182 g/mol. The van der Waals surface area contributed by atoms with Crippen LogP contribution in [-0.2, 0) is 23.1 Å². The summed E-state index contributed by atoms with van der Waals surface area (Å²) >= 11 is 4.97. The number of rotatable bonds is 0. The van der Waals surface area contributed by atoms with E-state index < -0.39 is 0 Å². The first-order chi connectivity index (χ1) is 5.36. The molecule has 56 valence electrons. The van der Waals surface area contributed by atoms with Crippen LogP contribution in [0.25, 0.3) is 0 Å². The molecular formula is C8H7OPS. The highest BCUT2D eigenvalue weighted by atomic mass is 32.1. The molecule has 0 unspecified atom stereocenters. The molecule has 0 aromatic heterocycles. The first-order valence-corrected chi connectivity index (χ1v) is 4.58. The summed E-state index contributed by atoms with van der Waals surface area (Å²) < 4.78 is 2.60. The summed E-state index contributed by atoms with van der Waals surface area (Å²) in [5, 5.41) is 0. The lowest BCUT2D eigenvalue weighted by Crippen LogP contribution is -2.03. The minimum Gasteiger partial charge on any atom is -0.485 e. The van der Waals surface area contributed by atoms with Crippen LogP contribution in [0.1, 0.15) is 11.1 Å². The quantitative estimate of drug-likeness (QED) is 0.337. The largest absolute Gasteiger partial charge is 0.485 e. The van der Waals surface area contributed by atoms with Crippen molar-refractivity contribution in [3.63, 3.8) is 0 Å². The van der Waals surface area contributed by atoms with E-state index in [1.165, 1.54) is 11.1 Å². The molecule has 0 spiro atoms. The Morgan fingerprint density at radius 1 is 1.36 bits per heavy atom. The van der Waals surface area contributed by atoms with Crippen molar-refractivity contribution >= 4 is 27.1 Å². The van der Waals surface area contributed by atoms with Gasteiger partial charge in [-0.05, 0) is 5.56 Å². The van der Waals surface area contributed by atoms with E-state index in [0.29, 0.717) is 0 Å². The third-order valence-electron chi connectivity index (χ3n) is 1.64. The van der Waals surface area contributed by atoms with Crippen molar-refractivity contribution in [3.8, 4) is 0 Å². The molecule has 0 saturated heterocycles. The molecule has 0 N–H and O–H groups in total. The van der Waals surface area contributed by atoms with Crippen LogP contribution in [0.2, 0.25) is 0 Å². The first kappa shape index (κ1) is 7.35. The van der Waals surface area contributed by atoms with E-state index in [-0.39, 0.29) is 0 Å². The van der Waals surface area contributed by atoms with Crippen LogP contribution in [0.4, 0.5) is 0 Å². The van der Waals surface area contributed by atoms with Crippen LogP contribution in [0.3, 0.4) is 0 Å². The minimum absolute atomic E-state index is 0.809. The molecule has 0 atom stereocenters. The smallest absolute Gasteiger partial charge is 0.260 e. The highest BCUT2D eigenvalue weighted by Crippen LogP contribution is 2.24. The maximum atomic E-state index is 4.97. The maximum absolute atomic E-state index is 4.97. The van der Waals surface area contributed by atoms with Crippen molar-refractivity contribution in [1.29, 1.82) is 0 Å². The minimum atomic E-state index is 0.809. The van der Waals surface area contributed by atoms with Crippen molar-refractivity contribution in [3.05, 3.63) is 35.4 Å². The SMILES string of the molecule is [S-][O+]1Cc2ccccc2C=P1. The first-order valence-electron chi connectivity index (χ1n) is 3.37. The normalized spacial score (nSPS) is 17.9. The summed E-state index contributed by atoms with van der Waals surface area (Å²) in [6.45, 7) is 0.809. The average molecular weight is 182 g/mol. The second kappa shape index (κ2) is 2.98. The Bertz CT molecular complexity index is 298.